The highest BCUT2D eigenvalue weighted by Gasteiger charge is 2.17. The number of nitrogens with one attached hydrogen (secondary N) is 1. The highest BCUT2D eigenvalue weighted by molar-refractivity contribution is 5.92. The Balaban J connectivity index is 1.77. The Kier molecular flexibility index (Phi) is 4.20. The summed E-state index contributed by atoms with van der Waals surface area (Å²) in [6.45, 7) is 2.44. The lowest BCUT2D eigenvalue weighted by Gasteiger charge is -2.25. The third-order valence-electron chi connectivity index (χ3n) is 3.27. The van der Waals surface area contributed by atoms with E-state index in [9.17, 15) is 4.79 Å². The molecule has 0 heterocycles. The molecule has 4 heteroatoms. The van der Waals surface area contributed by atoms with E-state index in [-0.39, 0.29) is 5.91 Å². The Morgan fingerprint density at radius 1 is 1.50 bits per heavy atom. The van der Waals surface area contributed by atoms with Gasteiger partial charge in [-0.1, -0.05) is 6.07 Å². The molecular formula is C14H20N2O2. The quantitative estimate of drug-likeness (QED) is 0.787. The number of hydrogen-bond acceptors (Lipinski definition) is 3. The van der Waals surface area contributed by atoms with Crippen LogP contribution in [0.1, 0.15) is 31.2 Å². The molecule has 0 unspecified atom stereocenters. The van der Waals surface area contributed by atoms with E-state index in [4.69, 9.17) is 10.5 Å². The lowest BCUT2D eigenvalue weighted by atomic mass is 9.96. The van der Waals surface area contributed by atoms with E-state index in [0.29, 0.717) is 24.8 Å². The van der Waals surface area contributed by atoms with Crippen LogP contribution in [-0.4, -0.2) is 18.6 Å². The van der Waals surface area contributed by atoms with E-state index >= 15 is 0 Å². The summed E-state index contributed by atoms with van der Waals surface area (Å²) in [6.07, 6.45) is 4.29. The van der Waals surface area contributed by atoms with E-state index in [0.717, 1.165) is 24.1 Å². The molecule has 18 heavy (non-hydrogen) atoms. The highest BCUT2D eigenvalue weighted by atomic mass is 16.5. The molecule has 98 valence electrons. The van der Waals surface area contributed by atoms with Crippen molar-refractivity contribution in [1.82, 2.24) is 0 Å². The number of ether oxygens (including phenoxy) is 1. The number of aryl methyl sites for hydroxylation is 1. The fraction of sp³-hybridized carbons (Fsp3) is 0.500. The summed E-state index contributed by atoms with van der Waals surface area (Å²) in [5.74, 6) is -0.0250. The molecule has 0 bridgehead atoms. The zero-order chi connectivity index (χ0) is 13.0. The van der Waals surface area contributed by atoms with Crippen LogP contribution in [0.2, 0.25) is 0 Å². The van der Waals surface area contributed by atoms with Crippen molar-refractivity contribution in [2.75, 3.05) is 17.7 Å². The molecule has 0 saturated heterocycles. The fourth-order valence-corrected chi connectivity index (χ4v) is 1.84. The van der Waals surface area contributed by atoms with Gasteiger partial charge in [-0.2, -0.15) is 0 Å². The average molecular weight is 248 g/mol. The van der Waals surface area contributed by atoms with Gasteiger partial charge in [0, 0.05) is 11.4 Å². The second-order valence-corrected chi connectivity index (χ2v) is 4.80. The van der Waals surface area contributed by atoms with Gasteiger partial charge in [-0.3, -0.25) is 4.79 Å². The molecule has 0 aliphatic heterocycles. The maximum Gasteiger partial charge on any atom is 0.226 e. The Morgan fingerprint density at radius 2 is 2.28 bits per heavy atom. The summed E-state index contributed by atoms with van der Waals surface area (Å²) < 4.78 is 5.55. The Hall–Kier alpha value is -1.55. The van der Waals surface area contributed by atoms with Gasteiger partial charge in [0.05, 0.1) is 19.1 Å². The summed E-state index contributed by atoms with van der Waals surface area (Å²) in [5, 5.41) is 2.86. The van der Waals surface area contributed by atoms with Gasteiger partial charge in [0.25, 0.3) is 0 Å². The van der Waals surface area contributed by atoms with Crippen LogP contribution in [0.15, 0.2) is 18.2 Å². The summed E-state index contributed by atoms with van der Waals surface area (Å²) in [6, 6.07) is 5.50. The normalized spacial score (nSPS) is 15.2. The van der Waals surface area contributed by atoms with E-state index in [1.54, 1.807) is 6.07 Å². The van der Waals surface area contributed by atoms with Crippen LogP contribution in [0.25, 0.3) is 0 Å². The van der Waals surface area contributed by atoms with Crippen LogP contribution in [0.5, 0.6) is 0 Å². The third-order valence-corrected chi connectivity index (χ3v) is 3.27. The van der Waals surface area contributed by atoms with Crippen molar-refractivity contribution >= 4 is 17.3 Å². The number of benzene rings is 1. The molecule has 1 aliphatic rings. The van der Waals surface area contributed by atoms with Gasteiger partial charge in [-0.15, -0.1) is 0 Å². The molecule has 1 amide bonds. The van der Waals surface area contributed by atoms with Crippen LogP contribution in [0.4, 0.5) is 11.4 Å². The van der Waals surface area contributed by atoms with Crippen LogP contribution in [0.3, 0.4) is 0 Å². The number of nitrogens with two attached hydrogens (primary N) is 1. The smallest absolute Gasteiger partial charge is 0.226 e. The van der Waals surface area contributed by atoms with Crippen molar-refractivity contribution in [3.8, 4) is 0 Å². The predicted octanol–water partition coefficient (Wildman–Crippen LogP) is 2.47. The van der Waals surface area contributed by atoms with E-state index in [1.165, 1.54) is 6.42 Å². The lowest BCUT2D eigenvalue weighted by molar-refractivity contribution is -0.118. The lowest BCUT2D eigenvalue weighted by Crippen LogP contribution is -2.24. The molecule has 0 atom stereocenters. The topological polar surface area (TPSA) is 64.3 Å². The van der Waals surface area contributed by atoms with Crippen LogP contribution in [0, 0.1) is 6.92 Å². The van der Waals surface area contributed by atoms with Gasteiger partial charge in [0.1, 0.15) is 0 Å². The van der Waals surface area contributed by atoms with Crippen molar-refractivity contribution in [2.45, 2.75) is 38.7 Å². The summed E-state index contributed by atoms with van der Waals surface area (Å²) >= 11 is 0. The number of carbonyl (C=O) groups is 1. The Labute approximate surface area is 108 Å². The minimum absolute atomic E-state index is 0.0250. The second-order valence-electron chi connectivity index (χ2n) is 4.80. The summed E-state index contributed by atoms with van der Waals surface area (Å²) in [7, 11) is 0. The standard InChI is InChI=1S/C14H20N2O2/c1-10-5-6-11(15)9-13(10)16-14(17)7-8-18-12-3-2-4-12/h5-6,9,12H,2-4,7-8,15H2,1H3,(H,16,17). The minimum Gasteiger partial charge on any atom is -0.399 e. The zero-order valence-electron chi connectivity index (χ0n) is 10.7. The third kappa shape index (κ3) is 3.47. The first kappa shape index (κ1) is 12.9. The summed E-state index contributed by atoms with van der Waals surface area (Å²) in [5.41, 5.74) is 8.14. The van der Waals surface area contributed by atoms with Crippen LogP contribution in [-0.2, 0) is 9.53 Å². The van der Waals surface area contributed by atoms with Crippen molar-refractivity contribution in [3.05, 3.63) is 23.8 Å². The highest BCUT2D eigenvalue weighted by Crippen LogP contribution is 2.22. The largest absolute Gasteiger partial charge is 0.399 e. The summed E-state index contributed by atoms with van der Waals surface area (Å²) in [4.78, 5) is 11.7. The molecule has 1 aromatic carbocycles. The van der Waals surface area contributed by atoms with Gasteiger partial charge in [0.15, 0.2) is 0 Å². The predicted molar refractivity (Wildman–Crippen MR) is 72.4 cm³/mol. The van der Waals surface area contributed by atoms with Gasteiger partial charge in [-0.25, -0.2) is 0 Å². The average Bonchev–Trinajstić information content (AvgIpc) is 2.27. The Morgan fingerprint density at radius 3 is 2.94 bits per heavy atom. The first-order valence-electron chi connectivity index (χ1n) is 6.43. The van der Waals surface area contributed by atoms with Crippen molar-refractivity contribution < 1.29 is 9.53 Å². The molecule has 0 aromatic heterocycles. The monoisotopic (exact) mass is 248 g/mol. The maximum absolute atomic E-state index is 11.7. The van der Waals surface area contributed by atoms with Gasteiger partial charge < -0.3 is 15.8 Å². The van der Waals surface area contributed by atoms with Gasteiger partial charge in [0.2, 0.25) is 5.91 Å². The minimum atomic E-state index is -0.0250. The fourth-order valence-electron chi connectivity index (χ4n) is 1.84. The molecule has 1 aromatic rings. The molecular weight excluding hydrogens is 228 g/mol. The number of amides is 1. The van der Waals surface area contributed by atoms with Crippen LogP contribution < -0.4 is 11.1 Å². The van der Waals surface area contributed by atoms with E-state index in [1.807, 2.05) is 19.1 Å². The van der Waals surface area contributed by atoms with Gasteiger partial charge >= 0.3 is 0 Å². The molecule has 0 spiro atoms. The molecule has 1 saturated carbocycles. The molecule has 1 fully saturated rings. The van der Waals surface area contributed by atoms with Gasteiger partial charge in [-0.05, 0) is 43.9 Å². The maximum atomic E-state index is 11.7. The van der Waals surface area contributed by atoms with Crippen molar-refractivity contribution in [1.29, 1.82) is 0 Å². The Bertz CT molecular complexity index is 428. The zero-order valence-corrected chi connectivity index (χ0v) is 10.7. The van der Waals surface area contributed by atoms with Crippen molar-refractivity contribution in [2.24, 2.45) is 0 Å². The van der Waals surface area contributed by atoms with Crippen LogP contribution >= 0.6 is 0 Å². The number of hydrogen-bond donors (Lipinski definition) is 2. The molecule has 0 radical (unpaired) electrons. The number of rotatable bonds is 5. The first-order valence-corrected chi connectivity index (χ1v) is 6.43. The molecule has 1 aliphatic carbocycles. The molecule has 4 nitrogen and oxygen atoms in total. The number of carbonyl (C=O) groups excluding carboxylic acids is 1. The van der Waals surface area contributed by atoms with E-state index < -0.39 is 0 Å². The second kappa shape index (κ2) is 5.87. The van der Waals surface area contributed by atoms with E-state index in [2.05, 4.69) is 5.32 Å². The molecule has 3 N–H and O–H groups in total. The van der Waals surface area contributed by atoms with Crippen molar-refractivity contribution in [3.63, 3.8) is 0 Å². The first-order chi connectivity index (χ1) is 8.65. The number of anilines is 2. The number of nitrogen functional groups attached to an aromatic ring is 1. The SMILES string of the molecule is Cc1ccc(N)cc1NC(=O)CCOC1CCC1. The molecule has 2 rings (SSSR count).